The molecule has 0 aliphatic heterocycles. The molecule has 0 atom stereocenters. The summed E-state index contributed by atoms with van der Waals surface area (Å²) in [6.45, 7) is 4.03. The van der Waals surface area contributed by atoms with Crippen LogP contribution in [0.15, 0.2) is 71.7 Å². The lowest BCUT2D eigenvalue weighted by Crippen LogP contribution is -2.23. The second-order valence-electron chi connectivity index (χ2n) is 7.38. The number of fused-ring (bicyclic) bond motifs is 2. The van der Waals surface area contributed by atoms with Crippen molar-refractivity contribution in [1.82, 2.24) is 19.7 Å². The summed E-state index contributed by atoms with van der Waals surface area (Å²) in [5.74, 6) is 0.590. The average molecular weight is 392 g/mol. The van der Waals surface area contributed by atoms with Crippen LogP contribution in [-0.2, 0) is 0 Å². The smallest absolute Gasteiger partial charge is 0.266 e. The van der Waals surface area contributed by atoms with Crippen molar-refractivity contribution in [3.05, 3.63) is 99.7 Å². The Morgan fingerprint density at radius 3 is 2.50 bits per heavy atom. The van der Waals surface area contributed by atoms with Crippen molar-refractivity contribution < 1.29 is 0 Å². The Bertz CT molecular complexity index is 1470. The fourth-order valence-corrected chi connectivity index (χ4v) is 3.93. The first kappa shape index (κ1) is 18.1. The first-order valence-electron chi connectivity index (χ1n) is 9.82. The summed E-state index contributed by atoms with van der Waals surface area (Å²) in [7, 11) is 0. The van der Waals surface area contributed by atoms with Crippen LogP contribution in [-0.4, -0.2) is 19.7 Å². The van der Waals surface area contributed by atoms with Crippen LogP contribution in [0.2, 0.25) is 0 Å². The van der Waals surface area contributed by atoms with Gasteiger partial charge in [0, 0.05) is 10.9 Å². The molecule has 146 valence electrons. The minimum atomic E-state index is -0.0719. The van der Waals surface area contributed by atoms with E-state index in [4.69, 9.17) is 4.98 Å². The van der Waals surface area contributed by atoms with Crippen LogP contribution >= 0.6 is 0 Å². The van der Waals surface area contributed by atoms with Gasteiger partial charge in [-0.1, -0.05) is 48.5 Å². The normalized spacial score (nSPS) is 11.7. The molecule has 0 aliphatic rings. The lowest BCUT2D eigenvalue weighted by Gasteiger charge is -2.16. The average Bonchev–Trinajstić information content (AvgIpc) is 3.23. The molecule has 0 fully saturated rings. The third-order valence-corrected chi connectivity index (χ3v) is 5.39. The van der Waals surface area contributed by atoms with Gasteiger partial charge in [-0.15, -0.1) is 0 Å². The molecular formula is C25H20N4O. The number of aromatic amines is 1. The van der Waals surface area contributed by atoms with Crippen LogP contribution < -0.4 is 5.56 Å². The van der Waals surface area contributed by atoms with E-state index in [0.717, 1.165) is 33.3 Å². The first-order chi connectivity index (χ1) is 14.6. The molecule has 5 rings (SSSR count). The molecule has 0 spiro atoms. The number of para-hydroxylation sites is 3. The van der Waals surface area contributed by atoms with Gasteiger partial charge in [0.2, 0.25) is 0 Å². The van der Waals surface area contributed by atoms with Crippen LogP contribution in [0.4, 0.5) is 0 Å². The van der Waals surface area contributed by atoms with Gasteiger partial charge in [-0.2, -0.15) is 5.10 Å². The highest BCUT2D eigenvalue weighted by Gasteiger charge is 2.14. The summed E-state index contributed by atoms with van der Waals surface area (Å²) in [5.41, 5.74) is 5.48. The molecule has 0 aliphatic carbocycles. The van der Waals surface area contributed by atoms with Gasteiger partial charge in [-0.3, -0.25) is 14.5 Å². The quantitative estimate of drug-likeness (QED) is 0.467. The van der Waals surface area contributed by atoms with Crippen LogP contribution in [0.5, 0.6) is 0 Å². The van der Waals surface area contributed by atoms with Crippen LogP contribution in [0, 0.1) is 13.8 Å². The Kier molecular flexibility index (Phi) is 4.29. The van der Waals surface area contributed by atoms with Gasteiger partial charge in [0.05, 0.1) is 28.3 Å². The summed E-state index contributed by atoms with van der Waals surface area (Å²) in [6, 6.07) is 19.5. The van der Waals surface area contributed by atoms with E-state index in [1.54, 1.807) is 10.8 Å². The molecule has 2 heterocycles. The highest BCUT2D eigenvalue weighted by Crippen LogP contribution is 2.22. The van der Waals surface area contributed by atoms with Crippen molar-refractivity contribution in [3.63, 3.8) is 0 Å². The number of aryl methyl sites for hydroxylation is 2. The second-order valence-corrected chi connectivity index (χ2v) is 7.38. The molecule has 30 heavy (non-hydrogen) atoms. The van der Waals surface area contributed by atoms with Crippen molar-refractivity contribution in [2.75, 3.05) is 0 Å². The van der Waals surface area contributed by atoms with Crippen LogP contribution in [0.1, 0.15) is 22.5 Å². The van der Waals surface area contributed by atoms with E-state index in [2.05, 4.69) is 10.2 Å². The summed E-state index contributed by atoms with van der Waals surface area (Å²) >= 11 is 0. The molecule has 5 nitrogen and oxygen atoms in total. The predicted octanol–water partition coefficient (Wildman–Crippen LogP) is 5.05. The van der Waals surface area contributed by atoms with E-state index in [1.807, 2.05) is 86.7 Å². The molecule has 2 aromatic heterocycles. The van der Waals surface area contributed by atoms with E-state index >= 15 is 0 Å². The number of benzene rings is 3. The van der Waals surface area contributed by atoms with Crippen LogP contribution in [0.3, 0.4) is 0 Å². The maximum absolute atomic E-state index is 13.5. The molecule has 3 aromatic carbocycles. The summed E-state index contributed by atoms with van der Waals surface area (Å²) < 4.78 is 1.72. The number of hydrogen-bond acceptors (Lipinski definition) is 3. The van der Waals surface area contributed by atoms with Gasteiger partial charge in [-0.25, -0.2) is 4.98 Å². The highest BCUT2D eigenvalue weighted by molar-refractivity contribution is 5.89. The topological polar surface area (TPSA) is 63.6 Å². The Hall–Kier alpha value is -3.99. The van der Waals surface area contributed by atoms with Crippen LogP contribution in [0.25, 0.3) is 39.6 Å². The summed E-state index contributed by atoms with van der Waals surface area (Å²) in [4.78, 5) is 18.3. The number of nitrogens with zero attached hydrogens (tertiary/aromatic N) is 3. The first-order valence-corrected chi connectivity index (χ1v) is 9.82. The highest BCUT2D eigenvalue weighted by atomic mass is 16.1. The fraction of sp³-hybridized carbons (Fsp3) is 0.0800. The van der Waals surface area contributed by atoms with E-state index < -0.39 is 0 Å². The number of nitrogens with one attached hydrogen (secondary N) is 1. The zero-order chi connectivity index (χ0) is 20.7. The van der Waals surface area contributed by atoms with E-state index in [0.29, 0.717) is 16.7 Å². The van der Waals surface area contributed by atoms with Crippen molar-refractivity contribution in [1.29, 1.82) is 0 Å². The maximum Gasteiger partial charge on any atom is 0.266 e. The Labute approximate surface area is 173 Å². The van der Waals surface area contributed by atoms with Crippen molar-refractivity contribution >= 4 is 34.0 Å². The van der Waals surface area contributed by atoms with Gasteiger partial charge in [0.1, 0.15) is 5.82 Å². The third kappa shape index (κ3) is 2.92. The van der Waals surface area contributed by atoms with Gasteiger partial charge in [-0.05, 0) is 49.3 Å². The molecule has 0 saturated heterocycles. The summed E-state index contributed by atoms with van der Waals surface area (Å²) in [6.07, 6.45) is 5.67. The second kappa shape index (κ2) is 7.12. The van der Waals surface area contributed by atoms with Gasteiger partial charge in [0.15, 0.2) is 0 Å². The molecule has 0 bridgehead atoms. The molecule has 5 aromatic rings. The third-order valence-electron chi connectivity index (χ3n) is 5.39. The predicted molar refractivity (Wildman–Crippen MR) is 122 cm³/mol. The van der Waals surface area contributed by atoms with Gasteiger partial charge in [0.25, 0.3) is 5.56 Å². The number of rotatable bonds is 3. The molecule has 0 unspecified atom stereocenters. The lowest BCUT2D eigenvalue weighted by molar-refractivity contribution is 0.924. The lowest BCUT2D eigenvalue weighted by atomic mass is 10.1. The molecule has 5 heteroatoms. The van der Waals surface area contributed by atoms with Gasteiger partial charge >= 0.3 is 0 Å². The minimum Gasteiger partial charge on any atom is -0.277 e. The van der Waals surface area contributed by atoms with E-state index in [1.165, 1.54) is 0 Å². The summed E-state index contributed by atoms with van der Waals surface area (Å²) in [5, 5.41) is 8.81. The Morgan fingerprint density at radius 2 is 1.67 bits per heavy atom. The molecule has 0 saturated carbocycles. The van der Waals surface area contributed by atoms with E-state index in [9.17, 15) is 4.79 Å². The molecule has 1 N–H and O–H groups in total. The SMILES string of the molecule is Cc1cccc(C)c1-n1c(C=Cc2cccc3cn[nH]c23)nc2ccccc2c1=O. The van der Waals surface area contributed by atoms with Crippen molar-refractivity contribution in [2.45, 2.75) is 13.8 Å². The number of H-pyrrole nitrogens is 1. The zero-order valence-electron chi connectivity index (χ0n) is 16.8. The fourth-order valence-electron chi connectivity index (χ4n) is 3.93. The largest absolute Gasteiger partial charge is 0.277 e. The Balaban J connectivity index is 1.79. The minimum absolute atomic E-state index is 0.0719. The maximum atomic E-state index is 13.5. The van der Waals surface area contributed by atoms with Gasteiger partial charge < -0.3 is 0 Å². The number of hydrogen-bond donors (Lipinski definition) is 1. The molecular weight excluding hydrogens is 372 g/mol. The standard InChI is InChI=1S/C25H20N4O/c1-16-7-5-8-17(2)24(16)29-22(27-21-12-4-3-11-20(21)25(29)30)14-13-18-9-6-10-19-15-26-28-23(18)19/h3-15H,1-2H3,(H,26,28). The van der Waals surface area contributed by atoms with Crippen molar-refractivity contribution in [2.24, 2.45) is 0 Å². The zero-order valence-corrected chi connectivity index (χ0v) is 16.8. The number of aromatic nitrogens is 4. The monoisotopic (exact) mass is 392 g/mol. The van der Waals surface area contributed by atoms with Crippen molar-refractivity contribution in [3.8, 4) is 5.69 Å². The Morgan fingerprint density at radius 1 is 0.900 bits per heavy atom. The molecule has 0 radical (unpaired) electrons. The molecule has 0 amide bonds. The van der Waals surface area contributed by atoms with E-state index in [-0.39, 0.29) is 5.56 Å².